The van der Waals surface area contributed by atoms with E-state index in [-0.39, 0.29) is 10.9 Å². The van der Waals surface area contributed by atoms with E-state index in [4.69, 9.17) is 0 Å². The van der Waals surface area contributed by atoms with Gasteiger partial charge in [0.1, 0.15) is 0 Å². The highest BCUT2D eigenvalue weighted by atomic mass is 32.2. The summed E-state index contributed by atoms with van der Waals surface area (Å²) in [5.74, 6) is 0. The number of hydrogen-bond donors (Lipinski definition) is 0. The first-order valence-electron chi connectivity index (χ1n) is 12.3. The Bertz CT molecular complexity index is 794. The van der Waals surface area contributed by atoms with Gasteiger partial charge in [-0.05, 0) is 73.2 Å². The summed E-state index contributed by atoms with van der Waals surface area (Å²) in [7, 11) is -0.0487. The van der Waals surface area contributed by atoms with E-state index >= 15 is 0 Å². The normalized spacial score (nSPS) is 11.2. The predicted octanol–water partition coefficient (Wildman–Crippen LogP) is 9.03. The number of hydrogen-bond acceptors (Lipinski definition) is 0. The van der Waals surface area contributed by atoms with E-state index in [1.165, 1.54) is 90.0 Å². The van der Waals surface area contributed by atoms with Crippen LogP contribution in [-0.2, 0) is 23.7 Å². The van der Waals surface area contributed by atoms with Gasteiger partial charge in [0.2, 0.25) is 0 Å². The minimum Gasteiger partial charge on any atom is -0.0654 e. The molecule has 0 aliphatic rings. The minimum atomic E-state index is -0.0487. The maximum atomic E-state index is 2.37. The second-order valence-electron chi connectivity index (χ2n) is 8.53. The van der Waals surface area contributed by atoms with Gasteiger partial charge in [0, 0.05) is 0 Å². The molecule has 0 radical (unpaired) electrons. The molecule has 0 aliphatic carbocycles. The minimum absolute atomic E-state index is 0.0487. The second kappa shape index (κ2) is 13.4. The molecule has 164 valence electrons. The van der Waals surface area contributed by atoms with Crippen LogP contribution in [0.3, 0.4) is 0 Å². The fourth-order valence-electron chi connectivity index (χ4n) is 4.06. The molecule has 0 unspecified atom stereocenters. The van der Waals surface area contributed by atoms with E-state index in [0.29, 0.717) is 0 Å². The van der Waals surface area contributed by atoms with Crippen molar-refractivity contribution in [3.05, 3.63) is 90.0 Å². The molecule has 1 heteroatoms. The van der Waals surface area contributed by atoms with Gasteiger partial charge in [-0.1, -0.05) is 94.8 Å². The van der Waals surface area contributed by atoms with Gasteiger partial charge >= 0.3 is 0 Å². The Morgan fingerprint density at radius 3 is 1.29 bits per heavy atom. The molecule has 3 aromatic rings. The first-order chi connectivity index (χ1) is 15.3. The van der Waals surface area contributed by atoms with Gasteiger partial charge < -0.3 is 0 Å². The smallest absolute Gasteiger partial charge is 0.0654 e. The first kappa shape index (κ1) is 23.7. The van der Waals surface area contributed by atoms with E-state index in [1.807, 2.05) is 0 Å². The van der Waals surface area contributed by atoms with E-state index in [9.17, 15) is 0 Å². The van der Waals surface area contributed by atoms with Crippen LogP contribution in [0, 0.1) is 0 Å². The molecular formula is C30H39S+. The van der Waals surface area contributed by atoms with Crippen LogP contribution in [0.1, 0.15) is 76.3 Å². The van der Waals surface area contributed by atoms with Gasteiger partial charge in [-0.25, -0.2) is 0 Å². The molecule has 0 N–H and O–H groups in total. The summed E-state index contributed by atoms with van der Waals surface area (Å²) < 4.78 is 0. The van der Waals surface area contributed by atoms with Gasteiger partial charge in [0.25, 0.3) is 0 Å². The Morgan fingerprint density at radius 2 is 0.871 bits per heavy atom. The van der Waals surface area contributed by atoms with Crippen molar-refractivity contribution in [1.82, 2.24) is 0 Å². The zero-order chi connectivity index (χ0) is 21.7. The SMILES string of the molecule is CCCCCCc1ccc([S+](c2ccccc2)c2ccc(CCCCCC)cc2)cc1. The highest BCUT2D eigenvalue weighted by Crippen LogP contribution is 2.31. The van der Waals surface area contributed by atoms with Gasteiger partial charge in [-0.2, -0.15) is 0 Å². The van der Waals surface area contributed by atoms with Crippen molar-refractivity contribution in [3.8, 4) is 0 Å². The molecule has 0 saturated heterocycles. The zero-order valence-electron chi connectivity index (χ0n) is 19.5. The third-order valence-electron chi connectivity index (χ3n) is 5.94. The van der Waals surface area contributed by atoms with E-state index in [0.717, 1.165) is 0 Å². The average molecular weight is 432 g/mol. The number of rotatable bonds is 13. The Balaban J connectivity index is 1.75. The van der Waals surface area contributed by atoms with Gasteiger partial charge in [0.15, 0.2) is 14.7 Å². The summed E-state index contributed by atoms with van der Waals surface area (Å²) in [6.07, 6.45) is 13.0. The number of aryl methyl sites for hydroxylation is 2. The second-order valence-corrected chi connectivity index (χ2v) is 10.6. The molecule has 0 bridgehead atoms. The van der Waals surface area contributed by atoms with Gasteiger partial charge in [-0.3, -0.25) is 0 Å². The Labute approximate surface area is 193 Å². The first-order valence-corrected chi connectivity index (χ1v) is 13.5. The topological polar surface area (TPSA) is 0 Å². The van der Waals surface area contributed by atoms with Crippen molar-refractivity contribution in [2.45, 2.75) is 92.7 Å². The summed E-state index contributed by atoms with van der Waals surface area (Å²) in [6.45, 7) is 4.55. The van der Waals surface area contributed by atoms with Crippen LogP contribution in [0.25, 0.3) is 0 Å². The van der Waals surface area contributed by atoms with Gasteiger partial charge in [-0.15, -0.1) is 0 Å². The van der Waals surface area contributed by atoms with Crippen LogP contribution < -0.4 is 0 Å². The summed E-state index contributed by atoms with van der Waals surface area (Å²) in [5.41, 5.74) is 2.94. The van der Waals surface area contributed by atoms with Crippen molar-refractivity contribution in [2.24, 2.45) is 0 Å². The molecule has 31 heavy (non-hydrogen) atoms. The van der Waals surface area contributed by atoms with Gasteiger partial charge in [0.05, 0.1) is 10.9 Å². The third kappa shape index (κ3) is 7.58. The highest BCUT2D eigenvalue weighted by molar-refractivity contribution is 7.97. The van der Waals surface area contributed by atoms with Crippen molar-refractivity contribution in [1.29, 1.82) is 0 Å². The Kier molecular flexibility index (Phi) is 10.3. The molecule has 0 atom stereocenters. The molecule has 0 nitrogen and oxygen atoms in total. The monoisotopic (exact) mass is 431 g/mol. The fourth-order valence-corrected chi connectivity index (χ4v) is 6.12. The molecule has 0 fully saturated rings. The lowest BCUT2D eigenvalue weighted by Gasteiger charge is -2.10. The molecule has 3 aromatic carbocycles. The predicted molar refractivity (Wildman–Crippen MR) is 137 cm³/mol. The Hall–Kier alpha value is -1.99. The number of unbranched alkanes of at least 4 members (excludes halogenated alkanes) is 6. The van der Waals surface area contributed by atoms with Crippen molar-refractivity contribution >= 4 is 10.9 Å². The van der Waals surface area contributed by atoms with Crippen molar-refractivity contribution in [3.63, 3.8) is 0 Å². The molecule has 0 aliphatic heterocycles. The van der Waals surface area contributed by atoms with Crippen LogP contribution in [0.4, 0.5) is 0 Å². The molecule has 0 spiro atoms. The van der Waals surface area contributed by atoms with E-state index in [1.54, 1.807) is 0 Å². The third-order valence-corrected chi connectivity index (χ3v) is 8.17. The van der Waals surface area contributed by atoms with Crippen LogP contribution in [0.2, 0.25) is 0 Å². The quantitative estimate of drug-likeness (QED) is 0.187. The summed E-state index contributed by atoms with van der Waals surface area (Å²) >= 11 is 0. The van der Waals surface area contributed by atoms with E-state index < -0.39 is 0 Å². The lowest BCUT2D eigenvalue weighted by molar-refractivity contribution is 0.666. The largest absolute Gasteiger partial charge is 0.166 e. The average Bonchev–Trinajstić information content (AvgIpc) is 2.82. The van der Waals surface area contributed by atoms with Crippen LogP contribution in [0.5, 0.6) is 0 Å². The maximum absolute atomic E-state index is 2.37. The molecule has 0 aromatic heterocycles. The van der Waals surface area contributed by atoms with E-state index in [2.05, 4.69) is 92.7 Å². The zero-order valence-corrected chi connectivity index (χ0v) is 20.3. The summed E-state index contributed by atoms with van der Waals surface area (Å²) in [6, 6.07) is 29.9. The summed E-state index contributed by atoms with van der Waals surface area (Å²) in [4.78, 5) is 4.23. The van der Waals surface area contributed by atoms with Crippen LogP contribution >= 0.6 is 0 Å². The maximum Gasteiger partial charge on any atom is 0.166 e. The van der Waals surface area contributed by atoms with Crippen LogP contribution in [0.15, 0.2) is 93.5 Å². The standard InChI is InChI=1S/C30H39S/c1-3-5-7-10-14-26-18-22-29(23-19-26)31(28-16-12-9-13-17-28)30-24-20-27(21-25-30)15-11-8-6-4-2/h9,12-13,16-25H,3-8,10-11,14-15H2,1-2H3/q+1. The Morgan fingerprint density at radius 1 is 0.452 bits per heavy atom. The lowest BCUT2D eigenvalue weighted by Crippen LogP contribution is -2.05. The molecule has 0 saturated carbocycles. The van der Waals surface area contributed by atoms with Crippen molar-refractivity contribution in [2.75, 3.05) is 0 Å². The molecule has 0 heterocycles. The lowest BCUT2D eigenvalue weighted by atomic mass is 10.1. The number of benzene rings is 3. The van der Waals surface area contributed by atoms with Crippen LogP contribution in [-0.4, -0.2) is 0 Å². The van der Waals surface area contributed by atoms with Crippen molar-refractivity contribution < 1.29 is 0 Å². The fraction of sp³-hybridized carbons (Fsp3) is 0.400. The summed E-state index contributed by atoms with van der Waals surface area (Å²) in [5, 5.41) is 0. The molecule has 3 rings (SSSR count). The highest BCUT2D eigenvalue weighted by Gasteiger charge is 2.28. The molecular weight excluding hydrogens is 392 g/mol. The molecule has 0 amide bonds.